The summed E-state index contributed by atoms with van der Waals surface area (Å²) in [4.78, 5) is 27.1. The van der Waals surface area contributed by atoms with Gasteiger partial charge in [0.05, 0.1) is 0 Å². The first-order chi connectivity index (χ1) is 10.0. The van der Waals surface area contributed by atoms with E-state index < -0.39 is 11.9 Å². The molecule has 2 rings (SSSR count). The highest BCUT2D eigenvalue weighted by Crippen LogP contribution is 2.27. The standard InChI is InChI=1S/C14H16N4O2S/c1-8-4-5-10(9(2)6-8)13-16-11(7-21-13)12(19)17-18-14(20)15-3/h4-7H,1-3H3,(H,17,19)(H2,15,18,20). The maximum Gasteiger partial charge on any atom is 0.333 e. The molecule has 0 fully saturated rings. The molecule has 0 atom stereocenters. The average Bonchev–Trinajstić information content (AvgIpc) is 2.93. The average molecular weight is 304 g/mol. The normalized spacial score (nSPS) is 10.0. The molecule has 0 aliphatic carbocycles. The topological polar surface area (TPSA) is 83.1 Å². The van der Waals surface area contributed by atoms with Gasteiger partial charge >= 0.3 is 6.03 Å². The quantitative estimate of drug-likeness (QED) is 0.742. The number of thiazole rings is 1. The molecular weight excluding hydrogens is 288 g/mol. The van der Waals surface area contributed by atoms with Crippen LogP contribution in [0.15, 0.2) is 23.6 Å². The lowest BCUT2D eigenvalue weighted by Crippen LogP contribution is -2.45. The van der Waals surface area contributed by atoms with Crippen molar-refractivity contribution in [1.82, 2.24) is 21.2 Å². The predicted molar refractivity (Wildman–Crippen MR) is 82.1 cm³/mol. The summed E-state index contributed by atoms with van der Waals surface area (Å²) < 4.78 is 0. The lowest BCUT2D eigenvalue weighted by atomic mass is 10.1. The van der Waals surface area contributed by atoms with Gasteiger partial charge in [0, 0.05) is 18.0 Å². The Balaban J connectivity index is 2.14. The summed E-state index contributed by atoms with van der Waals surface area (Å²) in [6.07, 6.45) is 0. The van der Waals surface area contributed by atoms with Crippen LogP contribution in [0.1, 0.15) is 21.6 Å². The Morgan fingerprint density at radius 1 is 1.19 bits per heavy atom. The fourth-order valence-corrected chi connectivity index (χ4v) is 2.69. The number of nitrogens with zero attached hydrogens (tertiary/aromatic N) is 1. The number of hydrazine groups is 1. The van der Waals surface area contributed by atoms with Crippen LogP contribution >= 0.6 is 11.3 Å². The Morgan fingerprint density at radius 3 is 2.62 bits per heavy atom. The summed E-state index contributed by atoms with van der Waals surface area (Å²) in [5.74, 6) is -0.453. The molecule has 1 aromatic heterocycles. The first-order valence-corrected chi connectivity index (χ1v) is 7.20. The molecule has 0 aliphatic rings. The number of benzene rings is 1. The number of hydrogen-bond donors (Lipinski definition) is 3. The van der Waals surface area contributed by atoms with Gasteiger partial charge in [-0.25, -0.2) is 15.2 Å². The van der Waals surface area contributed by atoms with E-state index in [2.05, 4.69) is 27.2 Å². The molecule has 6 nitrogen and oxygen atoms in total. The van der Waals surface area contributed by atoms with Crippen molar-refractivity contribution in [2.75, 3.05) is 7.05 Å². The number of carbonyl (C=O) groups excluding carboxylic acids is 2. The number of hydrogen-bond acceptors (Lipinski definition) is 4. The number of rotatable bonds is 2. The third kappa shape index (κ3) is 3.57. The number of urea groups is 1. The van der Waals surface area contributed by atoms with Crippen LogP contribution in [0.5, 0.6) is 0 Å². The van der Waals surface area contributed by atoms with Crippen molar-refractivity contribution in [3.63, 3.8) is 0 Å². The molecule has 3 amide bonds. The van der Waals surface area contributed by atoms with E-state index in [1.165, 1.54) is 23.9 Å². The molecule has 7 heteroatoms. The minimum atomic E-state index is -0.492. The van der Waals surface area contributed by atoms with Gasteiger partial charge in [-0.15, -0.1) is 11.3 Å². The molecule has 0 spiro atoms. The monoisotopic (exact) mass is 304 g/mol. The lowest BCUT2D eigenvalue weighted by Gasteiger charge is -2.05. The van der Waals surface area contributed by atoms with Gasteiger partial charge in [-0.3, -0.25) is 10.2 Å². The van der Waals surface area contributed by atoms with Gasteiger partial charge in [0.25, 0.3) is 5.91 Å². The van der Waals surface area contributed by atoms with E-state index in [1.807, 2.05) is 26.0 Å². The van der Waals surface area contributed by atoms with Crippen molar-refractivity contribution in [2.45, 2.75) is 13.8 Å². The molecule has 110 valence electrons. The van der Waals surface area contributed by atoms with Crippen molar-refractivity contribution in [2.24, 2.45) is 0 Å². The SMILES string of the molecule is CNC(=O)NNC(=O)c1csc(-c2ccc(C)cc2C)n1. The lowest BCUT2D eigenvalue weighted by molar-refractivity contribution is 0.0932. The molecule has 0 radical (unpaired) electrons. The van der Waals surface area contributed by atoms with Crippen molar-refractivity contribution in [1.29, 1.82) is 0 Å². The third-order valence-electron chi connectivity index (χ3n) is 2.87. The van der Waals surface area contributed by atoms with Gasteiger partial charge in [0.1, 0.15) is 10.7 Å². The van der Waals surface area contributed by atoms with E-state index >= 15 is 0 Å². The number of aryl methyl sites for hydroxylation is 2. The van der Waals surface area contributed by atoms with Crippen LogP contribution in [0, 0.1) is 13.8 Å². The van der Waals surface area contributed by atoms with E-state index in [9.17, 15) is 9.59 Å². The Morgan fingerprint density at radius 2 is 1.95 bits per heavy atom. The number of carbonyl (C=O) groups is 2. The fourth-order valence-electron chi connectivity index (χ4n) is 1.80. The van der Waals surface area contributed by atoms with Gasteiger partial charge < -0.3 is 5.32 Å². The molecular formula is C14H16N4O2S. The second-order valence-electron chi connectivity index (χ2n) is 4.51. The van der Waals surface area contributed by atoms with Crippen LogP contribution in [-0.2, 0) is 0 Å². The van der Waals surface area contributed by atoms with E-state index in [0.717, 1.165) is 16.1 Å². The van der Waals surface area contributed by atoms with Crippen LogP contribution in [0.2, 0.25) is 0 Å². The highest BCUT2D eigenvalue weighted by Gasteiger charge is 2.13. The molecule has 0 saturated heterocycles. The van der Waals surface area contributed by atoms with Crippen LogP contribution in [-0.4, -0.2) is 24.0 Å². The van der Waals surface area contributed by atoms with E-state index in [-0.39, 0.29) is 5.69 Å². The zero-order valence-electron chi connectivity index (χ0n) is 12.0. The van der Waals surface area contributed by atoms with Gasteiger partial charge in [-0.05, 0) is 19.4 Å². The molecule has 21 heavy (non-hydrogen) atoms. The van der Waals surface area contributed by atoms with E-state index in [4.69, 9.17) is 0 Å². The van der Waals surface area contributed by atoms with Crippen LogP contribution < -0.4 is 16.2 Å². The summed E-state index contributed by atoms with van der Waals surface area (Å²) in [6.45, 7) is 4.04. The maximum atomic E-state index is 11.8. The van der Waals surface area contributed by atoms with Gasteiger partial charge in [0.2, 0.25) is 0 Å². The molecule has 0 saturated carbocycles. The Kier molecular flexibility index (Phi) is 4.54. The summed E-state index contributed by atoms with van der Waals surface area (Å²) in [7, 11) is 1.46. The minimum absolute atomic E-state index is 0.270. The van der Waals surface area contributed by atoms with Gasteiger partial charge in [-0.1, -0.05) is 23.8 Å². The molecule has 0 bridgehead atoms. The molecule has 0 aliphatic heterocycles. The molecule has 1 heterocycles. The fraction of sp³-hybridized carbons (Fsp3) is 0.214. The second-order valence-corrected chi connectivity index (χ2v) is 5.37. The van der Waals surface area contributed by atoms with Crippen molar-refractivity contribution in [3.05, 3.63) is 40.4 Å². The largest absolute Gasteiger partial charge is 0.340 e. The number of nitrogens with one attached hydrogen (secondary N) is 3. The first-order valence-electron chi connectivity index (χ1n) is 6.32. The Bertz CT molecular complexity index is 681. The highest BCUT2D eigenvalue weighted by atomic mass is 32.1. The molecule has 3 N–H and O–H groups in total. The minimum Gasteiger partial charge on any atom is -0.340 e. The zero-order chi connectivity index (χ0) is 15.4. The van der Waals surface area contributed by atoms with Crippen molar-refractivity contribution < 1.29 is 9.59 Å². The summed E-state index contributed by atoms with van der Waals surface area (Å²) in [5.41, 5.74) is 8.06. The maximum absolute atomic E-state index is 11.8. The van der Waals surface area contributed by atoms with Crippen molar-refractivity contribution in [3.8, 4) is 10.6 Å². The van der Waals surface area contributed by atoms with Crippen LogP contribution in [0.4, 0.5) is 4.79 Å². The predicted octanol–water partition coefficient (Wildman–Crippen LogP) is 2.00. The summed E-state index contributed by atoms with van der Waals surface area (Å²) in [6, 6.07) is 5.59. The van der Waals surface area contributed by atoms with E-state index in [1.54, 1.807) is 5.38 Å². The first kappa shape index (κ1) is 15.0. The van der Waals surface area contributed by atoms with Crippen LogP contribution in [0.25, 0.3) is 10.6 Å². The smallest absolute Gasteiger partial charge is 0.333 e. The van der Waals surface area contributed by atoms with Crippen LogP contribution in [0.3, 0.4) is 0 Å². The number of amides is 3. The van der Waals surface area contributed by atoms with Gasteiger partial charge in [-0.2, -0.15) is 0 Å². The molecule has 0 unspecified atom stereocenters. The Hall–Kier alpha value is -2.41. The van der Waals surface area contributed by atoms with E-state index in [0.29, 0.717) is 0 Å². The Labute approximate surface area is 126 Å². The third-order valence-corrected chi connectivity index (χ3v) is 3.74. The molecule has 1 aromatic carbocycles. The van der Waals surface area contributed by atoms with Gasteiger partial charge in [0.15, 0.2) is 0 Å². The number of aromatic nitrogens is 1. The summed E-state index contributed by atoms with van der Waals surface area (Å²) in [5, 5.41) is 4.77. The van der Waals surface area contributed by atoms with Crippen molar-refractivity contribution >= 4 is 23.3 Å². The zero-order valence-corrected chi connectivity index (χ0v) is 12.8. The highest BCUT2D eigenvalue weighted by molar-refractivity contribution is 7.13. The summed E-state index contributed by atoms with van der Waals surface area (Å²) >= 11 is 1.39. The molecule has 2 aromatic rings. The second kappa shape index (κ2) is 6.36.